The highest BCUT2D eigenvalue weighted by molar-refractivity contribution is 4.84. The molecule has 2 rings (SSSR count). The molecule has 2 heteroatoms. The fourth-order valence-electron chi connectivity index (χ4n) is 3.68. The van der Waals surface area contributed by atoms with E-state index in [1.165, 1.54) is 51.4 Å². The molecule has 0 heterocycles. The lowest BCUT2D eigenvalue weighted by Crippen LogP contribution is -2.38. The Morgan fingerprint density at radius 1 is 0.938 bits per heavy atom. The third-order valence-corrected chi connectivity index (χ3v) is 5.06. The van der Waals surface area contributed by atoms with Gasteiger partial charge in [0, 0.05) is 12.1 Å². The van der Waals surface area contributed by atoms with Crippen LogP contribution < -0.4 is 11.5 Å². The molecule has 94 valence electrons. The van der Waals surface area contributed by atoms with Crippen LogP contribution in [0.4, 0.5) is 0 Å². The number of hydrogen-bond acceptors (Lipinski definition) is 2. The van der Waals surface area contributed by atoms with Gasteiger partial charge in [0.25, 0.3) is 0 Å². The lowest BCUT2D eigenvalue weighted by Gasteiger charge is -2.37. The second kappa shape index (κ2) is 5.50. The summed E-state index contributed by atoms with van der Waals surface area (Å²) in [5.74, 6) is 2.57. The number of rotatable bonds is 2. The molecule has 2 aliphatic rings. The summed E-state index contributed by atoms with van der Waals surface area (Å²) in [7, 11) is 0. The van der Waals surface area contributed by atoms with Crippen LogP contribution in [0.2, 0.25) is 0 Å². The van der Waals surface area contributed by atoms with Gasteiger partial charge in [-0.05, 0) is 56.3 Å². The van der Waals surface area contributed by atoms with Crippen molar-refractivity contribution in [2.75, 3.05) is 0 Å². The summed E-state index contributed by atoms with van der Waals surface area (Å²) >= 11 is 0. The monoisotopic (exact) mass is 224 g/mol. The van der Waals surface area contributed by atoms with Crippen molar-refractivity contribution in [3.8, 4) is 0 Å². The van der Waals surface area contributed by atoms with Crippen LogP contribution in [-0.2, 0) is 0 Å². The molecule has 16 heavy (non-hydrogen) atoms. The first kappa shape index (κ1) is 12.4. The summed E-state index contributed by atoms with van der Waals surface area (Å²) in [6.07, 6.45) is 10.6. The zero-order chi connectivity index (χ0) is 11.5. The number of nitrogens with two attached hydrogens (primary N) is 2. The number of hydrogen-bond donors (Lipinski definition) is 2. The van der Waals surface area contributed by atoms with Gasteiger partial charge in [0.05, 0.1) is 0 Å². The highest BCUT2D eigenvalue weighted by Gasteiger charge is 2.30. The molecule has 2 saturated carbocycles. The van der Waals surface area contributed by atoms with Gasteiger partial charge in [-0.15, -0.1) is 0 Å². The second-order valence-corrected chi connectivity index (χ2v) is 6.23. The van der Waals surface area contributed by atoms with Crippen LogP contribution in [-0.4, -0.2) is 12.1 Å². The highest BCUT2D eigenvalue weighted by atomic mass is 14.7. The molecular formula is C14H28N2. The Kier molecular flexibility index (Phi) is 4.26. The predicted octanol–water partition coefficient (Wildman–Crippen LogP) is 2.66. The lowest BCUT2D eigenvalue weighted by atomic mass is 9.71. The fraction of sp³-hybridized carbons (Fsp3) is 1.00. The predicted molar refractivity (Wildman–Crippen MR) is 69.0 cm³/mol. The van der Waals surface area contributed by atoms with E-state index in [4.69, 9.17) is 11.5 Å². The van der Waals surface area contributed by atoms with E-state index in [1.54, 1.807) is 0 Å². The summed E-state index contributed by atoms with van der Waals surface area (Å²) in [6, 6.07) is 0.951. The van der Waals surface area contributed by atoms with Gasteiger partial charge in [-0.25, -0.2) is 0 Å². The van der Waals surface area contributed by atoms with Crippen molar-refractivity contribution in [1.82, 2.24) is 0 Å². The van der Waals surface area contributed by atoms with Gasteiger partial charge >= 0.3 is 0 Å². The molecule has 0 spiro atoms. The maximum atomic E-state index is 6.18. The molecular weight excluding hydrogens is 196 g/mol. The Morgan fingerprint density at radius 3 is 2.31 bits per heavy atom. The van der Waals surface area contributed by atoms with Gasteiger partial charge in [0.15, 0.2) is 0 Å². The van der Waals surface area contributed by atoms with E-state index in [0.717, 1.165) is 17.8 Å². The zero-order valence-corrected chi connectivity index (χ0v) is 10.7. The molecule has 2 fully saturated rings. The Balaban J connectivity index is 1.80. The van der Waals surface area contributed by atoms with Crippen LogP contribution in [0.15, 0.2) is 0 Å². The first-order valence-electron chi connectivity index (χ1n) is 7.18. The highest BCUT2D eigenvalue weighted by Crippen LogP contribution is 2.37. The van der Waals surface area contributed by atoms with Crippen LogP contribution in [0.5, 0.6) is 0 Å². The van der Waals surface area contributed by atoms with E-state index >= 15 is 0 Å². The first-order chi connectivity index (χ1) is 7.66. The molecule has 3 atom stereocenters. The zero-order valence-electron chi connectivity index (χ0n) is 10.7. The standard InChI is InChI=1S/C14H28N2/c1-10-12(3-2-4-14(10)16)9-11-5-7-13(15)8-6-11/h10-14H,2-9,15-16H2,1H3. The Hall–Kier alpha value is -0.0800. The average molecular weight is 224 g/mol. The van der Waals surface area contributed by atoms with Crippen LogP contribution in [0, 0.1) is 17.8 Å². The molecule has 2 aliphatic carbocycles. The first-order valence-corrected chi connectivity index (χ1v) is 7.18. The molecule has 0 saturated heterocycles. The molecule has 2 nitrogen and oxygen atoms in total. The van der Waals surface area contributed by atoms with Crippen LogP contribution in [0.3, 0.4) is 0 Å². The van der Waals surface area contributed by atoms with Crippen molar-refractivity contribution in [2.45, 2.75) is 70.4 Å². The van der Waals surface area contributed by atoms with Gasteiger partial charge in [0.1, 0.15) is 0 Å². The minimum Gasteiger partial charge on any atom is -0.328 e. The van der Waals surface area contributed by atoms with Gasteiger partial charge in [-0.1, -0.05) is 19.8 Å². The van der Waals surface area contributed by atoms with Crippen molar-refractivity contribution in [2.24, 2.45) is 29.2 Å². The molecule has 0 aliphatic heterocycles. The molecule has 3 unspecified atom stereocenters. The third kappa shape index (κ3) is 2.98. The summed E-state index contributed by atoms with van der Waals surface area (Å²) in [5, 5.41) is 0. The molecule has 0 aromatic carbocycles. The van der Waals surface area contributed by atoms with Crippen molar-refractivity contribution in [1.29, 1.82) is 0 Å². The van der Waals surface area contributed by atoms with E-state index in [2.05, 4.69) is 6.92 Å². The Bertz CT molecular complexity index is 209. The van der Waals surface area contributed by atoms with E-state index in [-0.39, 0.29) is 0 Å². The summed E-state index contributed by atoms with van der Waals surface area (Å²) in [4.78, 5) is 0. The quantitative estimate of drug-likeness (QED) is 0.757. The lowest BCUT2D eigenvalue weighted by molar-refractivity contribution is 0.165. The van der Waals surface area contributed by atoms with Crippen LogP contribution in [0.25, 0.3) is 0 Å². The average Bonchev–Trinajstić information content (AvgIpc) is 2.28. The topological polar surface area (TPSA) is 52.0 Å². The molecule has 0 bridgehead atoms. The smallest absolute Gasteiger partial charge is 0.00671 e. The SMILES string of the molecule is CC1C(N)CCCC1CC1CCC(N)CC1. The van der Waals surface area contributed by atoms with E-state index < -0.39 is 0 Å². The summed E-state index contributed by atoms with van der Waals surface area (Å²) in [5.41, 5.74) is 12.1. The van der Waals surface area contributed by atoms with Crippen LogP contribution in [0.1, 0.15) is 58.3 Å². The van der Waals surface area contributed by atoms with Crippen molar-refractivity contribution >= 4 is 0 Å². The Morgan fingerprint density at radius 2 is 1.62 bits per heavy atom. The summed E-state index contributed by atoms with van der Waals surface area (Å²) in [6.45, 7) is 2.36. The maximum absolute atomic E-state index is 6.18. The molecule has 0 amide bonds. The van der Waals surface area contributed by atoms with Gasteiger partial charge in [-0.2, -0.15) is 0 Å². The van der Waals surface area contributed by atoms with Crippen LogP contribution >= 0.6 is 0 Å². The molecule has 4 N–H and O–H groups in total. The minimum atomic E-state index is 0.463. The van der Waals surface area contributed by atoms with E-state index in [9.17, 15) is 0 Å². The fourth-order valence-corrected chi connectivity index (χ4v) is 3.68. The van der Waals surface area contributed by atoms with E-state index in [1.807, 2.05) is 0 Å². The second-order valence-electron chi connectivity index (χ2n) is 6.23. The van der Waals surface area contributed by atoms with E-state index in [0.29, 0.717) is 12.1 Å². The van der Waals surface area contributed by atoms with Gasteiger partial charge in [0.2, 0.25) is 0 Å². The normalized spacial score (nSPS) is 45.6. The van der Waals surface area contributed by atoms with Gasteiger partial charge in [-0.3, -0.25) is 0 Å². The largest absolute Gasteiger partial charge is 0.328 e. The van der Waals surface area contributed by atoms with Crippen molar-refractivity contribution in [3.63, 3.8) is 0 Å². The molecule has 0 aromatic rings. The molecule has 0 radical (unpaired) electrons. The minimum absolute atomic E-state index is 0.463. The summed E-state index contributed by atoms with van der Waals surface area (Å²) < 4.78 is 0. The Labute approximate surface area is 100 Å². The third-order valence-electron chi connectivity index (χ3n) is 5.06. The van der Waals surface area contributed by atoms with Crippen molar-refractivity contribution in [3.05, 3.63) is 0 Å². The molecule has 0 aromatic heterocycles. The maximum Gasteiger partial charge on any atom is 0.00671 e. The van der Waals surface area contributed by atoms with Gasteiger partial charge < -0.3 is 11.5 Å². The van der Waals surface area contributed by atoms with Crippen molar-refractivity contribution < 1.29 is 0 Å².